The highest BCUT2D eigenvalue weighted by Crippen LogP contribution is 2.39. The van der Waals surface area contributed by atoms with Gasteiger partial charge in [-0.1, -0.05) is 0 Å². The van der Waals surface area contributed by atoms with Gasteiger partial charge in [0.25, 0.3) is 0 Å². The van der Waals surface area contributed by atoms with Crippen molar-refractivity contribution in [3.8, 4) is 0 Å². The molecule has 0 amide bonds. The minimum absolute atomic E-state index is 0.313. The Balaban J connectivity index is 2.01. The summed E-state index contributed by atoms with van der Waals surface area (Å²) in [6, 6.07) is 2.11. The minimum Gasteiger partial charge on any atom is -0.374 e. The fraction of sp³-hybridized carbons (Fsp3) is 0.667. The Morgan fingerprint density at radius 1 is 1.37 bits per heavy atom. The second-order valence-electron chi connectivity index (χ2n) is 5.61. The lowest BCUT2D eigenvalue weighted by molar-refractivity contribution is -0.205. The summed E-state index contributed by atoms with van der Waals surface area (Å²) in [7, 11) is 1.76. The van der Waals surface area contributed by atoms with Crippen LogP contribution in [0.25, 0.3) is 0 Å². The van der Waals surface area contributed by atoms with Gasteiger partial charge < -0.3 is 14.8 Å². The molecule has 2 aliphatic rings. The molecule has 0 radical (unpaired) electrons. The molecule has 19 heavy (non-hydrogen) atoms. The summed E-state index contributed by atoms with van der Waals surface area (Å²) in [4.78, 5) is 4.65. The molecule has 104 valence electrons. The average Bonchev–Trinajstić information content (AvgIpc) is 2.39. The van der Waals surface area contributed by atoms with Crippen LogP contribution in [-0.4, -0.2) is 38.4 Å². The largest absolute Gasteiger partial charge is 0.374 e. The number of aromatic nitrogens is 1. The van der Waals surface area contributed by atoms with E-state index in [2.05, 4.69) is 23.3 Å². The predicted octanol–water partition coefficient (Wildman–Crippen LogP) is 1.73. The molecule has 2 saturated heterocycles. The number of hydrogen-bond donors (Lipinski definition) is 1. The zero-order valence-corrected chi connectivity index (χ0v) is 11.7. The Bertz CT molecular complexity index is 446. The number of ether oxygens (including phenoxy) is 2. The first kappa shape index (κ1) is 13.0. The molecule has 4 heteroatoms. The Morgan fingerprint density at radius 3 is 2.68 bits per heavy atom. The van der Waals surface area contributed by atoms with Gasteiger partial charge in [0.2, 0.25) is 0 Å². The monoisotopic (exact) mass is 262 g/mol. The molecule has 0 aromatic carbocycles. The third kappa shape index (κ3) is 2.18. The van der Waals surface area contributed by atoms with Gasteiger partial charge in [0.15, 0.2) is 5.60 Å². The Labute approximate surface area is 114 Å². The van der Waals surface area contributed by atoms with E-state index in [0.717, 1.165) is 18.8 Å². The van der Waals surface area contributed by atoms with Gasteiger partial charge >= 0.3 is 0 Å². The summed E-state index contributed by atoms with van der Waals surface area (Å²) in [6.45, 7) is 5.62. The average molecular weight is 262 g/mol. The van der Waals surface area contributed by atoms with Gasteiger partial charge in [-0.05, 0) is 56.0 Å². The molecule has 4 nitrogen and oxygen atoms in total. The standard InChI is InChI=1S/C15H22N2O2/c1-11-3-8-17-14(15(18-2)9-19-10-15)13(11)12-4-6-16-7-5-12/h3,8,12,16H,4-7,9-10H2,1-2H3. The zero-order chi connectivity index (χ0) is 13.3. The lowest BCUT2D eigenvalue weighted by Crippen LogP contribution is -2.50. The first-order chi connectivity index (χ1) is 9.27. The summed E-state index contributed by atoms with van der Waals surface area (Å²) in [5, 5.41) is 3.43. The normalized spacial score (nSPS) is 23.1. The SMILES string of the molecule is COC1(c2nccc(C)c2C2CCNCC2)COC1. The van der Waals surface area contributed by atoms with E-state index in [4.69, 9.17) is 9.47 Å². The fourth-order valence-electron chi connectivity index (χ4n) is 3.20. The minimum atomic E-state index is -0.313. The van der Waals surface area contributed by atoms with Gasteiger partial charge in [0.05, 0.1) is 18.9 Å². The molecule has 3 rings (SSSR count). The van der Waals surface area contributed by atoms with Crippen LogP contribution < -0.4 is 5.32 Å². The van der Waals surface area contributed by atoms with Crippen LogP contribution in [-0.2, 0) is 15.1 Å². The molecule has 2 aliphatic heterocycles. The quantitative estimate of drug-likeness (QED) is 0.901. The third-order valence-corrected chi connectivity index (χ3v) is 4.45. The summed E-state index contributed by atoms with van der Waals surface area (Å²) in [5.74, 6) is 0.595. The van der Waals surface area contributed by atoms with Crippen molar-refractivity contribution < 1.29 is 9.47 Å². The summed E-state index contributed by atoms with van der Waals surface area (Å²) >= 11 is 0. The molecule has 1 N–H and O–H groups in total. The van der Waals surface area contributed by atoms with Crippen molar-refractivity contribution >= 4 is 0 Å². The van der Waals surface area contributed by atoms with Crippen molar-refractivity contribution in [3.63, 3.8) is 0 Å². The van der Waals surface area contributed by atoms with Crippen LogP contribution in [0.3, 0.4) is 0 Å². The van der Waals surface area contributed by atoms with E-state index in [9.17, 15) is 0 Å². The number of piperidine rings is 1. The number of aryl methyl sites for hydroxylation is 1. The van der Waals surface area contributed by atoms with Crippen LogP contribution in [0.2, 0.25) is 0 Å². The molecule has 3 heterocycles. The maximum atomic E-state index is 5.74. The highest BCUT2D eigenvalue weighted by molar-refractivity contribution is 5.37. The molecule has 0 saturated carbocycles. The molecule has 0 spiro atoms. The van der Waals surface area contributed by atoms with E-state index in [-0.39, 0.29) is 5.60 Å². The van der Waals surface area contributed by atoms with Crippen molar-refractivity contribution in [2.45, 2.75) is 31.3 Å². The van der Waals surface area contributed by atoms with Crippen molar-refractivity contribution in [2.24, 2.45) is 0 Å². The highest BCUT2D eigenvalue weighted by atomic mass is 16.6. The van der Waals surface area contributed by atoms with E-state index >= 15 is 0 Å². The third-order valence-electron chi connectivity index (χ3n) is 4.45. The van der Waals surface area contributed by atoms with Gasteiger partial charge in [-0.25, -0.2) is 0 Å². The molecule has 2 fully saturated rings. The summed E-state index contributed by atoms with van der Waals surface area (Å²) in [5.41, 5.74) is 3.52. The van der Waals surface area contributed by atoms with Crippen LogP contribution in [0.4, 0.5) is 0 Å². The maximum Gasteiger partial charge on any atom is 0.156 e. The number of methoxy groups -OCH3 is 1. The number of rotatable bonds is 3. The number of nitrogens with zero attached hydrogens (tertiary/aromatic N) is 1. The van der Waals surface area contributed by atoms with Gasteiger partial charge in [-0.15, -0.1) is 0 Å². The molecule has 0 aliphatic carbocycles. The Kier molecular flexibility index (Phi) is 3.56. The van der Waals surface area contributed by atoms with Gasteiger partial charge in [-0.3, -0.25) is 4.98 Å². The molecule has 0 atom stereocenters. The van der Waals surface area contributed by atoms with E-state index < -0.39 is 0 Å². The molecular formula is C15H22N2O2. The second-order valence-corrected chi connectivity index (χ2v) is 5.61. The van der Waals surface area contributed by atoms with Crippen LogP contribution in [0.5, 0.6) is 0 Å². The highest BCUT2D eigenvalue weighted by Gasteiger charge is 2.44. The lowest BCUT2D eigenvalue weighted by Gasteiger charge is -2.42. The number of nitrogens with one attached hydrogen (secondary N) is 1. The summed E-state index contributed by atoms with van der Waals surface area (Å²) in [6.07, 6.45) is 4.26. The topological polar surface area (TPSA) is 43.4 Å². The van der Waals surface area contributed by atoms with Crippen molar-refractivity contribution in [3.05, 3.63) is 29.1 Å². The number of hydrogen-bond acceptors (Lipinski definition) is 4. The second kappa shape index (κ2) is 5.19. The number of pyridine rings is 1. The van der Waals surface area contributed by atoms with E-state index in [1.807, 2.05) is 6.20 Å². The van der Waals surface area contributed by atoms with Crippen LogP contribution in [0.1, 0.15) is 35.6 Å². The van der Waals surface area contributed by atoms with Crippen LogP contribution in [0, 0.1) is 6.92 Å². The Hall–Kier alpha value is -0.970. The Morgan fingerprint density at radius 2 is 2.11 bits per heavy atom. The molecular weight excluding hydrogens is 240 g/mol. The van der Waals surface area contributed by atoms with Crippen molar-refractivity contribution in [1.82, 2.24) is 10.3 Å². The van der Waals surface area contributed by atoms with E-state index in [0.29, 0.717) is 19.1 Å². The van der Waals surface area contributed by atoms with Crippen molar-refractivity contribution in [1.29, 1.82) is 0 Å². The lowest BCUT2D eigenvalue weighted by atomic mass is 9.81. The van der Waals surface area contributed by atoms with E-state index in [1.165, 1.54) is 24.0 Å². The van der Waals surface area contributed by atoms with E-state index in [1.54, 1.807) is 7.11 Å². The molecule has 1 aromatic rings. The summed E-state index contributed by atoms with van der Waals surface area (Å²) < 4.78 is 11.1. The van der Waals surface area contributed by atoms with Gasteiger partial charge in [0.1, 0.15) is 0 Å². The van der Waals surface area contributed by atoms with Crippen LogP contribution >= 0.6 is 0 Å². The fourth-order valence-corrected chi connectivity index (χ4v) is 3.20. The van der Waals surface area contributed by atoms with Gasteiger partial charge in [-0.2, -0.15) is 0 Å². The smallest absolute Gasteiger partial charge is 0.156 e. The first-order valence-corrected chi connectivity index (χ1v) is 7.06. The molecule has 0 bridgehead atoms. The maximum absolute atomic E-state index is 5.74. The van der Waals surface area contributed by atoms with Crippen molar-refractivity contribution in [2.75, 3.05) is 33.4 Å². The first-order valence-electron chi connectivity index (χ1n) is 7.06. The zero-order valence-electron chi connectivity index (χ0n) is 11.7. The van der Waals surface area contributed by atoms with Crippen LogP contribution in [0.15, 0.2) is 12.3 Å². The molecule has 0 unspecified atom stereocenters. The predicted molar refractivity (Wildman–Crippen MR) is 73.3 cm³/mol. The van der Waals surface area contributed by atoms with Gasteiger partial charge in [0, 0.05) is 13.3 Å². The molecule has 1 aromatic heterocycles.